The fraction of sp³-hybridized carbons (Fsp3) is 0.500. The van der Waals surface area contributed by atoms with Crippen molar-refractivity contribution in [1.82, 2.24) is 0 Å². The van der Waals surface area contributed by atoms with Crippen molar-refractivity contribution in [3.8, 4) is 6.07 Å². The molecule has 5 nitrogen and oxygen atoms in total. The molecule has 0 aromatic heterocycles. The standard InChI is InChI=1S/C14H15NO4/c15-6-10-12(16)13(11-8-18-14(10)19-11)17-7-9-4-2-1-3-5-9/h1-5,10-14,16H,7-8H2/t10-,11+,12+,13+,14+/m0/s1. The van der Waals surface area contributed by atoms with Gasteiger partial charge in [-0.05, 0) is 5.56 Å². The molecule has 0 amide bonds. The van der Waals surface area contributed by atoms with Crippen LogP contribution in [0.2, 0.25) is 0 Å². The monoisotopic (exact) mass is 261 g/mol. The summed E-state index contributed by atoms with van der Waals surface area (Å²) < 4.78 is 16.6. The van der Waals surface area contributed by atoms with Crippen LogP contribution < -0.4 is 0 Å². The van der Waals surface area contributed by atoms with E-state index in [0.717, 1.165) is 5.56 Å². The van der Waals surface area contributed by atoms with Crippen molar-refractivity contribution in [2.24, 2.45) is 5.92 Å². The van der Waals surface area contributed by atoms with Crippen LogP contribution >= 0.6 is 0 Å². The number of benzene rings is 1. The summed E-state index contributed by atoms with van der Waals surface area (Å²) in [5.74, 6) is -0.695. The van der Waals surface area contributed by atoms with Gasteiger partial charge in [0.05, 0.1) is 19.3 Å². The third-order valence-corrected chi connectivity index (χ3v) is 3.53. The molecule has 1 aromatic carbocycles. The second-order valence-corrected chi connectivity index (χ2v) is 4.78. The first-order valence-electron chi connectivity index (χ1n) is 6.30. The van der Waals surface area contributed by atoms with Gasteiger partial charge in [-0.25, -0.2) is 0 Å². The van der Waals surface area contributed by atoms with Gasteiger partial charge in [0, 0.05) is 0 Å². The SMILES string of the molecule is N#C[C@@H]1[C@@H]2OC[C@@H](O2)[C@@H](OCc2ccccc2)[C@@H]1O. The van der Waals surface area contributed by atoms with Crippen LogP contribution in [0.4, 0.5) is 0 Å². The molecule has 0 spiro atoms. The highest BCUT2D eigenvalue weighted by Crippen LogP contribution is 2.34. The highest BCUT2D eigenvalue weighted by Gasteiger charge is 2.51. The van der Waals surface area contributed by atoms with Gasteiger partial charge >= 0.3 is 0 Å². The Bertz CT molecular complexity index is 472. The van der Waals surface area contributed by atoms with Gasteiger partial charge in [-0.2, -0.15) is 5.26 Å². The number of fused-ring (bicyclic) bond motifs is 2. The van der Waals surface area contributed by atoms with Crippen LogP contribution in [0.25, 0.3) is 0 Å². The van der Waals surface area contributed by atoms with Crippen LogP contribution in [-0.4, -0.2) is 36.3 Å². The first-order chi connectivity index (χ1) is 9.29. The van der Waals surface area contributed by atoms with E-state index in [9.17, 15) is 5.11 Å². The van der Waals surface area contributed by atoms with E-state index in [1.807, 2.05) is 36.4 Å². The first-order valence-corrected chi connectivity index (χ1v) is 6.30. The van der Waals surface area contributed by atoms with E-state index in [1.165, 1.54) is 0 Å². The quantitative estimate of drug-likeness (QED) is 0.872. The number of nitriles is 1. The lowest BCUT2D eigenvalue weighted by Crippen LogP contribution is -2.51. The Morgan fingerprint density at radius 3 is 2.89 bits per heavy atom. The normalized spacial score (nSPS) is 36.9. The van der Waals surface area contributed by atoms with Gasteiger partial charge in [-0.1, -0.05) is 30.3 Å². The van der Waals surface area contributed by atoms with Crippen LogP contribution in [0.3, 0.4) is 0 Å². The summed E-state index contributed by atoms with van der Waals surface area (Å²) in [6.07, 6.45) is -2.32. The number of ether oxygens (including phenoxy) is 3. The molecule has 0 aliphatic carbocycles. The second-order valence-electron chi connectivity index (χ2n) is 4.78. The molecule has 0 unspecified atom stereocenters. The number of aliphatic hydroxyl groups excluding tert-OH is 1. The Labute approximate surface area is 111 Å². The van der Waals surface area contributed by atoms with Gasteiger partial charge in [0.1, 0.15) is 24.2 Å². The molecular weight excluding hydrogens is 246 g/mol. The van der Waals surface area contributed by atoms with Crippen molar-refractivity contribution < 1.29 is 19.3 Å². The van der Waals surface area contributed by atoms with Crippen molar-refractivity contribution in [3.05, 3.63) is 35.9 Å². The molecule has 2 saturated heterocycles. The highest BCUT2D eigenvalue weighted by atomic mass is 16.7. The van der Waals surface area contributed by atoms with Crippen molar-refractivity contribution >= 4 is 0 Å². The molecule has 2 aliphatic rings. The van der Waals surface area contributed by atoms with Crippen molar-refractivity contribution in [3.63, 3.8) is 0 Å². The molecule has 19 heavy (non-hydrogen) atoms. The van der Waals surface area contributed by atoms with Gasteiger partial charge in [0.2, 0.25) is 0 Å². The first kappa shape index (κ1) is 12.6. The summed E-state index contributed by atoms with van der Waals surface area (Å²) in [5.41, 5.74) is 1.02. The van der Waals surface area contributed by atoms with Crippen LogP contribution in [0.5, 0.6) is 0 Å². The lowest BCUT2D eigenvalue weighted by Gasteiger charge is -2.34. The van der Waals surface area contributed by atoms with E-state index in [0.29, 0.717) is 13.2 Å². The number of nitrogens with zero attached hydrogens (tertiary/aromatic N) is 1. The number of aliphatic hydroxyl groups is 1. The van der Waals surface area contributed by atoms with Crippen molar-refractivity contribution in [2.75, 3.05) is 6.61 Å². The molecule has 2 heterocycles. The summed E-state index contributed by atoms with van der Waals surface area (Å²) >= 11 is 0. The smallest absolute Gasteiger partial charge is 0.176 e. The average Bonchev–Trinajstić information content (AvgIpc) is 2.86. The van der Waals surface area contributed by atoms with Gasteiger partial charge in [-0.3, -0.25) is 0 Å². The summed E-state index contributed by atoms with van der Waals surface area (Å²) in [6.45, 7) is 0.741. The van der Waals surface area contributed by atoms with Gasteiger partial charge < -0.3 is 19.3 Å². The molecular formula is C14H15NO4. The van der Waals surface area contributed by atoms with Gasteiger partial charge in [0.15, 0.2) is 6.29 Å². The maximum atomic E-state index is 10.2. The molecule has 5 atom stereocenters. The Morgan fingerprint density at radius 1 is 1.37 bits per heavy atom. The molecule has 5 heteroatoms. The molecule has 2 aliphatic heterocycles. The minimum Gasteiger partial charge on any atom is -0.389 e. The van der Waals surface area contributed by atoms with E-state index in [1.54, 1.807) is 0 Å². The maximum absolute atomic E-state index is 10.2. The summed E-state index contributed by atoms with van der Waals surface area (Å²) in [4.78, 5) is 0. The minimum atomic E-state index is -0.875. The zero-order valence-corrected chi connectivity index (χ0v) is 10.3. The number of rotatable bonds is 3. The van der Waals surface area contributed by atoms with Crippen molar-refractivity contribution in [2.45, 2.75) is 31.2 Å². The topological polar surface area (TPSA) is 71.7 Å². The zero-order chi connectivity index (χ0) is 13.2. The Kier molecular flexibility index (Phi) is 3.49. The van der Waals surface area contributed by atoms with E-state index >= 15 is 0 Å². The van der Waals surface area contributed by atoms with Crippen LogP contribution in [0, 0.1) is 17.2 Å². The average molecular weight is 261 g/mol. The van der Waals surface area contributed by atoms with E-state index in [4.69, 9.17) is 19.5 Å². The van der Waals surface area contributed by atoms with E-state index in [2.05, 4.69) is 0 Å². The fourth-order valence-electron chi connectivity index (χ4n) is 2.50. The van der Waals surface area contributed by atoms with E-state index in [-0.39, 0.29) is 6.10 Å². The van der Waals surface area contributed by atoms with E-state index < -0.39 is 24.4 Å². The lowest BCUT2D eigenvalue weighted by atomic mass is 9.93. The summed E-state index contributed by atoms with van der Waals surface area (Å²) in [7, 11) is 0. The lowest BCUT2D eigenvalue weighted by molar-refractivity contribution is -0.205. The Balaban J connectivity index is 1.68. The molecule has 2 fully saturated rings. The molecule has 0 radical (unpaired) electrons. The molecule has 100 valence electrons. The van der Waals surface area contributed by atoms with Crippen molar-refractivity contribution in [1.29, 1.82) is 5.26 Å². The molecule has 1 aromatic rings. The van der Waals surface area contributed by atoms with Gasteiger partial charge in [-0.15, -0.1) is 0 Å². The third kappa shape index (κ3) is 2.36. The van der Waals surface area contributed by atoms with Crippen LogP contribution in [-0.2, 0) is 20.8 Å². The Morgan fingerprint density at radius 2 is 2.16 bits per heavy atom. The number of hydrogen-bond acceptors (Lipinski definition) is 5. The Hall–Kier alpha value is -1.45. The second kappa shape index (κ2) is 5.27. The van der Waals surface area contributed by atoms with Crippen LogP contribution in [0.1, 0.15) is 5.56 Å². The molecule has 0 saturated carbocycles. The zero-order valence-electron chi connectivity index (χ0n) is 10.3. The summed E-state index contributed by atoms with van der Waals surface area (Å²) in [6, 6.07) is 11.7. The fourth-order valence-corrected chi connectivity index (χ4v) is 2.50. The van der Waals surface area contributed by atoms with Crippen LogP contribution in [0.15, 0.2) is 30.3 Å². The predicted molar refractivity (Wildman–Crippen MR) is 64.7 cm³/mol. The summed E-state index contributed by atoms with van der Waals surface area (Å²) in [5, 5.41) is 19.2. The van der Waals surface area contributed by atoms with Gasteiger partial charge in [0.25, 0.3) is 0 Å². The predicted octanol–water partition coefficient (Wildman–Crippen LogP) is 0.828. The highest BCUT2D eigenvalue weighted by molar-refractivity contribution is 5.13. The maximum Gasteiger partial charge on any atom is 0.176 e. The minimum absolute atomic E-state index is 0.298. The number of hydrogen-bond donors (Lipinski definition) is 1. The largest absolute Gasteiger partial charge is 0.389 e. The molecule has 2 bridgehead atoms. The third-order valence-electron chi connectivity index (χ3n) is 3.53. The molecule has 3 rings (SSSR count). The molecule has 1 N–H and O–H groups in total.